The van der Waals surface area contributed by atoms with Crippen LogP contribution in [-0.4, -0.2) is 22.8 Å². The number of carbonyl (C=O) groups is 1. The SMILES string of the molecule is O=C(NCCCc1ccc(O)cc1)NCc1ccccc1CO. The second kappa shape index (κ2) is 8.80. The standard InChI is InChI=1S/C18H22N2O3/c21-13-16-6-2-1-5-15(16)12-20-18(23)19-11-3-4-14-7-9-17(22)10-8-14/h1-2,5-10,21-22H,3-4,11-13H2,(H2,19,20,23). The molecule has 2 rings (SSSR count). The maximum absolute atomic E-state index is 11.8. The molecule has 0 heterocycles. The maximum atomic E-state index is 11.8. The van der Waals surface area contributed by atoms with Crippen molar-refractivity contribution in [1.82, 2.24) is 10.6 Å². The summed E-state index contributed by atoms with van der Waals surface area (Å²) in [5.74, 6) is 0.259. The van der Waals surface area contributed by atoms with Crippen molar-refractivity contribution in [3.05, 3.63) is 65.2 Å². The number of nitrogens with one attached hydrogen (secondary N) is 2. The van der Waals surface area contributed by atoms with Gasteiger partial charge in [0.25, 0.3) is 0 Å². The van der Waals surface area contributed by atoms with Gasteiger partial charge >= 0.3 is 6.03 Å². The van der Waals surface area contributed by atoms with Crippen LogP contribution in [0.15, 0.2) is 48.5 Å². The second-order valence-corrected chi connectivity index (χ2v) is 5.31. The molecule has 2 aromatic carbocycles. The summed E-state index contributed by atoms with van der Waals surface area (Å²) in [5.41, 5.74) is 2.86. The largest absolute Gasteiger partial charge is 0.508 e. The Hall–Kier alpha value is -2.53. The Balaban J connectivity index is 1.66. The van der Waals surface area contributed by atoms with E-state index in [0.29, 0.717) is 13.1 Å². The monoisotopic (exact) mass is 314 g/mol. The van der Waals surface area contributed by atoms with Gasteiger partial charge in [0.1, 0.15) is 5.75 Å². The van der Waals surface area contributed by atoms with E-state index in [0.717, 1.165) is 29.5 Å². The van der Waals surface area contributed by atoms with Gasteiger partial charge < -0.3 is 20.8 Å². The number of hydrogen-bond donors (Lipinski definition) is 4. The van der Waals surface area contributed by atoms with Crippen molar-refractivity contribution in [2.45, 2.75) is 26.0 Å². The van der Waals surface area contributed by atoms with Crippen LogP contribution in [0.5, 0.6) is 5.75 Å². The van der Waals surface area contributed by atoms with Gasteiger partial charge in [-0.25, -0.2) is 4.79 Å². The molecule has 0 saturated carbocycles. The number of urea groups is 1. The lowest BCUT2D eigenvalue weighted by atomic mass is 10.1. The van der Waals surface area contributed by atoms with Crippen LogP contribution >= 0.6 is 0 Å². The van der Waals surface area contributed by atoms with Crippen molar-refractivity contribution in [3.63, 3.8) is 0 Å². The minimum atomic E-state index is -0.219. The molecular formula is C18H22N2O3. The highest BCUT2D eigenvalue weighted by Gasteiger charge is 2.03. The van der Waals surface area contributed by atoms with Crippen LogP contribution in [0.3, 0.4) is 0 Å². The third-order valence-corrected chi connectivity index (χ3v) is 3.59. The number of aliphatic hydroxyl groups excluding tert-OH is 1. The molecule has 0 aliphatic rings. The van der Waals surface area contributed by atoms with Crippen molar-refractivity contribution in [2.75, 3.05) is 6.54 Å². The number of rotatable bonds is 7. The van der Waals surface area contributed by atoms with Crippen LogP contribution in [0, 0.1) is 0 Å². The third kappa shape index (κ3) is 5.64. The molecule has 4 N–H and O–H groups in total. The zero-order chi connectivity index (χ0) is 16.5. The highest BCUT2D eigenvalue weighted by molar-refractivity contribution is 5.73. The van der Waals surface area contributed by atoms with Crippen molar-refractivity contribution in [3.8, 4) is 5.75 Å². The smallest absolute Gasteiger partial charge is 0.315 e. The van der Waals surface area contributed by atoms with Crippen molar-refractivity contribution < 1.29 is 15.0 Å². The van der Waals surface area contributed by atoms with Crippen LogP contribution in [-0.2, 0) is 19.6 Å². The number of aryl methyl sites for hydroxylation is 1. The average molecular weight is 314 g/mol. The number of phenols is 1. The van der Waals surface area contributed by atoms with Crippen LogP contribution in [0.4, 0.5) is 4.79 Å². The van der Waals surface area contributed by atoms with E-state index in [-0.39, 0.29) is 18.4 Å². The summed E-state index contributed by atoms with van der Waals surface area (Å²) >= 11 is 0. The van der Waals surface area contributed by atoms with Gasteiger partial charge in [0.15, 0.2) is 0 Å². The van der Waals surface area contributed by atoms with E-state index in [4.69, 9.17) is 0 Å². The molecule has 0 atom stereocenters. The van der Waals surface area contributed by atoms with Crippen LogP contribution < -0.4 is 10.6 Å². The predicted octanol–water partition coefficient (Wildman–Crippen LogP) is 2.32. The summed E-state index contributed by atoms with van der Waals surface area (Å²) in [6, 6.07) is 14.3. The van der Waals surface area contributed by atoms with Crippen molar-refractivity contribution in [2.24, 2.45) is 0 Å². The number of phenolic OH excluding ortho intramolecular Hbond substituents is 1. The molecule has 2 amide bonds. The minimum Gasteiger partial charge on any atom is -0.508 e. The first kappa shape index (κ1) is 16.8. The predicted molar refractivity (Wildman–Crippen MR) is 89.0 cm³/mol. The Morgan fingerprint density at radius 3 is 2.35 bits per heavy atom. The number of carbonyl (C=O) groups excluding carboxylic acids is 1. The Morgan fingerprint density at radius 2 is 1.65 bits per heavy atom. The molecule has 0 spiro atoms. The number of amides is 2. The Labute approximate surface area is 136 Å². The zero-order valence-corrected chi connectivity index (χ0v) is 13.0. The lowest BCUT2D eigenvalue weighted by molar-refractivity contribution is 0.240. The van der Waals surface area contributed by atoms with Gasteiger partial charge in [-0.05, 0) is 41.7 Å². The van der Waals surface area contributed by atoms with E-state index in [9.17, 15) is 15.0 Å². The van der Waals surface area contributed by atoms with Crippen LogP contribution in [0.1, 0.15) is 23.1 Å². The van der Waals surface area contributed by atoms with E-state index in [1.807, 2.05) is 36.4 Å². The lowest BCUT2D eigenvalue weighted by Gasteiger charge is -2.10. The average Bonchev–Trinajstić information content (AvgIpc) is 2.58. The number of hydrogen-bond acceptors (Lipinski definition) is 3. The quantitative estimate of drug-likeness (QED) is 0.592. The summed E-state index contributed by atoms with van der Waals surface area (Å²) in [5, 5.41) is 24.0. The van der Waals surface area contributed by atoms with Gasteiger partial charge in [0, 0.05) is 13.1 Å². The van der Waals surface area contributed by atoms with Crippen molar-refractivity contribution >= 4 is 6.03 Å². The number of aromatic hydroxyl groups is 1. The Morgan fingerprint density at radius 1 is 0.957 bits per heavy atom. The summed E-state index contributed by atoms with van der Waals surface area (Å²) in [7, 11) is 0. The first-order valence-corrected chi connectivity index (χ1v) is 7.66. The normalized spacial score (nSPS) is 10.3. The summed E-state index contributed by atoms with van der Waals surface area (Å²) in [6.45, 7) is 0.932. The first-order chi connectivity index (χ1) is 11.2. The maximum Gasteiger partial charge on any atom is 0.315 e. The molecular weight excluding hydrogens is 292 g/mol. The molecule has 0 radical (unpaired) electrons. The molecule has 0 aliphatic heterocycles. The lowest BCUT2D eigenvalue weighted by Crippen LogP contribution is -2.35. The molecule has 2 aromatic rings. The molecule has 0 aromatic heterocycles. The minimum absolute atomic E-state index is 0.0356. The van der Waals surface area contributed by atoms with Crippen LogP contribution in [0.25, 0.3) is 0 Å². The van der Waals surface area contributed by atoms with E-state index in [1.54, 1.807) is 12.1 Å². The van der Waals surface area contributed by atoms with E-state index >= 15 is 0 Å². The number of benzene rings is 2. The summed E-state index contributed by atoms with van der Waals surface area (Å²) in [4.78, 5) is 11.8. The number of aliphatic hydroxyl groups is 1. The topological polar surface area (TPSA) is 81.6 Å². The molecule has 5 nitrogen and oxygen atoms in total. The molecule has 122 valence electrons. The fourth-order valence-electron chi connectivity index (χ4n) is 2.28. The first-order valence-electron chi connectivity index (χ1n) is 7.66. The fraction of sp³-hybridized carbons (Fsp3) is 0.278. The molecule has 5 heteroatoms. The van der Waals surface area contributed by atoms with E-state index in [2.05, 4.69) is 10.6 Å². The summed E-state index contributed by atoms with van der Waals surface area (Å²) < 4.78 is 0. The highest BCUT2D eigenvalue weighted by Crippen LogP contribution is 2.11. The third-order valence-electron chi connectivity index (χ3n) is 3.59. The molecule has 0 fully saturated rings. The van der Waals surface area contributed by atoms with Gasteiger partial charge in [-0.2, -0.15) is 0 Å². The Bertz CT molecular complexity index is 626. The van der Waals surface area contributed by atoms with Crippen molar-refractivity contribution in [1.29, 1.82) is 0 Å². The zero-order valence-electron chi connectivity index (χ0n) is 13.0. The van der Waals surface area contributed by atoms with Gasteiger partial charge in [-0.15, -0.1) is 0 Å². The molecule has 0 unspecified atom stereocenters. The van der Waals surface area contributed by atoms with Gasteiger partial charge in [-0.3, -0.25) is 0 Å². The van der Waals surface area contributed by atoms with Crippen LogP contribution in [0.2, 0.25) is 0 Å². The fourth-order valence-corrected chi connectivity index (χ4v) is 2.28. The van der Waals surface area contributed by atoms with Gasteiger partial charge in [0.2, 0.25) is 0 Å². The van der Waals surface area contributed by atoms with Gasteiger partial charge in [0.05, 0.1) is 6.61 Å². The molecule has 0 bridgehead atoms. The molecule has 0 aliphatic carbocycles. The summed E-state index contributed by atoms with van der Waals surface area (Å²) in [6.07, 6.45) is 1.67. The molecule has 0 saturated heterocycles. The Kier molecular flexibility index (Phi) is 6.44. The highest BCUT2D eigenvalue weighted by atomic mass is 16.3. The van der Waals surface area contributed by atoms with E-state index < -0.39 is 0 Å². The van der Waals surface area contributed by atoms with E-state index in [1.165, 1.54) is 0 Å². The van der Waals surface area contributed by atoms with Gasteiger partial charge in [-0.1, -0.05) is 36.4 Å². The molecule has 23 heavy (non-hydrogen) atoms. The second-order valence-electron chi connectivity index (χ2n) is 5.31.